The lowest BCUT2D eigenvalue weighted by atomic mass is 10.1. The van der Waals surface area contributed by atoms with Gasteiger partial charge < -0.3 is 9.32 Å². The Kier molecular flexibility index (Phi) is 5.20. The van der Waals surface area contributed by atoms with Gasteiger partial charge in [-0.15, -0.1) is 0 Å². The standard InChI is InChI=1S/C24H18FNO3/c25-20-11-6-9-18(13-20)16-26(15-17-7-2-1-3-8-17)23(27)21-14-19-10-4-5-12-22(19)29-24(21)28/h1-14H,15-16H2. The minimum atomic E-state index is -0.689. The molecule has 1 amide bonds. The largest absolute Gasteiger partial charge is 0.422 e. The van der Waals surface area contributed by atoms with Crippen LogP contribution in [-0.4, -0.2) is 10.8 Å². The Morgan fingerprint density at radius 3 is 2.31 bits per heavy atom. The quantitative estimate of drug-likeness (QED) is 0.463. The minimum Gasteiger partial charge on any atom is -0.422 e. The maximum atomic E-state index is 13.6. The van der Waals surface area contributed by atoms with Gasteiger partial charge in [0.15, 0.2) is 0 Å². The summed E-state index contributed by atoms with van der Waals surface area (Å²) in [7, 11) is 0. The predicted octanol–water partition coefficient (Wildman–Crippen LogP) is 4.77. The molecule has 0 bridgehead atoms. The van der Waals surface area contributed by atoms with Crippen LogP contribution in [0.1, 0.15) is 21.5 Å². The van der Waals surface area contributed by atoms with E-state index in [2.05, 4.69) is 0 Å². The van der Waals surface area contributed by atoms with E-state index in [0.717, 1.165) is 5.56 Å². The van der Waals surface area contributed by atoms with E-state index in [1.807, 2.05) is 36.4 Å². The molecule has 4 rings (SSSR count). The molecule has 5 heteroatoms. The number of carbonyl (C=O) groups excluding carboxylic acids is 1. The molecule has 0 aliphatic heterocycles. The van der Waals surface area contributed by atoms with E-state index in [0.29, 0.717) is 16.5 Å². The molecule has 0 saturated heterocycles. The maximum absolute atomic E-state index is 13.6. The molecule has 3 aromatic carbocycles. The van der Waals surface area contributed by atoms with Crippen molar-refractivity contribution in [1.29, 1.82) is 0 Å². The van der Waals surface area contributed by atoms with Crippen LogP contribution in [0, 0.1) is 5.82 Å². The third-order valence-corrected chi connectivity index (χ3v) is 4.64. The maximum Gasteiger partial charge on any atom is 0.349 e. The molecule has 1 aromatic heterocycles. The molecule has 0 spiro atoms. The summed E-state index contributed by atoms with van der Waals surface area (Å²) < 4.78 is 19.0. The van der Waals surface area contributed by atoms with E-state index in [9.17, 15) is 14.0 Å². The number of halogens is 1. The van der Waals surface area contributed by atoms with Crippen molar-refractivity contribution in [3.8, 4) is 0 Å². The first-order chi connectivity index (χ1) is 14.1. The van der Waals surface area contributed by atoms with Crippen molar-refractivity contribution >= 4 is 16.9 Å². The zero-order chi connectivity index (χ0) is 20.2. The molecule has 4 aromatic rings. The molecule has 0 radical (unpaired) electrons. The van der Waals surface area contributed by atoms with E-state index in [-0.39, 0.29) is 24.5 Å². The predicted molar refractivity (Wildman–Crippen MR) is 109 cm³/mol. The van der Waals surface area contributed by atoms with Gasteiger partial charge in [-0.05, 0) is 35.4 Å². The van der Waals surface area contributed by atoms with Gasteiger partial charge in [-0.1, -0.05) is 60.7 Å². The van der Waals surface area contributed by atoms with E-state index in [1.54, 1.807) is 36.4 Å². The fourth-order valence-corrected chi connectivity index (χ4v) is 3.24. The fraction of sp³-hybridized carbons (Fsp3) is 0.0833. The Labute approximate surface area is 166 Å². The Bertz CT molecular complexity index is 1220. The van der Waals surface area contributed by atoms with Crippen molar-refractivity contribution in [2.24, 2.45) is 0 Å². The first kappa shape index (κ1) is 18.6. The number of nitrogens with zero attached hydrogens (tertiary/aromatic N) is 1. The van der Waals surface area contributed by atoms with Crippen LogP contribution in [0.4, 0.5) is 4.39 Å². The average Bonchev–Trinajstić information content (AvgIpc) is 2.73. The summed E-state index contributed by atoms with van der Waals surface area (Å²) in [4.78, 5) is 27.3. The summed E-state index contributed by atoms with van der Waals surface area (Å²) in [5.74, 6) is -0.836. The van der Waals surface area contributed by atoms with Gasteiger partial charge in [0.05, 0.1) is 0 Å². The number of hydrogen-bond acceptors (Lipinski definition) is 3. The summed E-state index contributed by atoms with van der Waals surface area (Å²) in [6.07, 6.45) is 0. The second-order valence-electron chi connectivity index (χ2n) is 6.76. The highest BCUT2D eigenvalue weighted by molar-refractivity contribution is 5.96. The van der Waals surface area contributed by atoms with Crippen molar-refractivity contribution < 1.29 is 13.6 Å². The Hall–Kier alpha value is -3.73. The van der Waals surface area contributed by atoms with E-state index < -0.39 is 11.5 Å². The Morgan fingerprint density at radius 1 is 0.828 bits per heavy atom. The van der Waals surface area contributed by atoms with Crippen LogP contribution in [0.2, 0.25) is 0 Å². The van der Waals surface area contributed by atoms with Gasteiger partial charge >= 0.3 is 5.63 Å². The van der Waals surface area contributed by atoms with Crippen molar-refractivity contribution in [3.05, 3.63) is 118 Å². The van der Waals surface area contributed by atoms with E-state index in [1.165, 1.54) is 17.0 Å². The molecule has 0 atom stereocenters. The minimum absolute atomic E-state index is 0.0453. The number of hydrogen-bond donors (Lipinski definition) is 0. The zero-order valence-electron chi connectivity index (χ0n) is 15.5. The lowest BCUT2D eigenvalue weighted by Crippen LogP contribution is -2.33. The molecule has 0 unspecified atom stereocenters. The van der Waals surface area contributed by atoms with Gasteiger partial charge in [0.25, 0.3) is 5.91 Å². The van der Waals surface area contributed by atoms with Crippen molar-refractivity contribution in [2.75, 3.05) is 0 Å². The summed E-state index contributed by atoms with van der Waals surface area (Å²) in [5, 5.41) is 0.667. The Balaban J connectivity index is 1.72. The van der Waals surface area contributed by atoms with Crippen molar-refractivity contribution in [2.45, 2.75) is 13.1 Å². The molecular weight excluding hydrogens is 369 g/mol. The molecule has 0 aliphatic rings. The number of benzene rings is 3. The number of amides is 1. The van der Waals surface area contributed by atoms with Crippen LogP contribution in [0.3, 0.4) is 0 Å². The third kappa shape index (κ3) is 4.24. The molecule has 4 nitrogen and oxygen atoms in total. The first-order valence-corrected chi connectivity index (χ1v) is 9.21. The van der Waals surface area contributed by atoms with Gasteiger partial charge in [0.1, 0.15) is 17.0 Å². The van der Waals surface area contributed by atoms with Crippen LogP contribution < -0.4 is 5.63 Å². The Morgan fingerprint density at radius 2 is 1.52 bits per heavy atom. The molecule has 0 fully saturated rings. The number of para-hydroxylation sites is 1. The van der Waals surface area contributed by atoms with Gasteiger partial charge in [-0.3, -0.25) is 4.79 Å². The topological polar surface area (TPSA) is 50.5 Å². The molecule has 0 N–H and O–H groups in total. The second-order valence-corrected chi connectivity index (χ2v) is 6.76. The molecule has 0 aliphatic carbocycles. The highest BCUT2D eigenvalue weighted by Crippen LogP contribution is 2.17. The summed E-state index contributed by atoms with van der Waals surface area (Å²) >= 11 is 0. The van der Waals surface area contributed by atoms with Crippen LogP contribution in [0.5, 0.6) is 0 Å². The second kappa shape index (κ2) is 8.10. The van der Waals surface area contributed by atoms with Gasteiger partial charge in [-0.2, -0.15) is 0 Å². The van der Waals surface area contributed by atoms with Gasteiger partial charge in [-0.25, -0.2) is 9.18 Å². The zero-order valence-corrected chi connectivity index (χ0v) is 15.5. The van der Waals surface area contributed by atoms with Crippen molar-refractivity contribution in [1.82, 2.24) is 4.90 Å². The first-order valence-electron chi connectivity index (χ1n) is 9.21. The van der Waals surface area contributed by atoms with E-state index in [4.69, 9.17) is 4.42 Å². The lowest BCUT2D eigenvalue weighted by Gasteiger charge is -2.23. The summed E-state index contributed by atoms with van der Waals surface area (Å²) in [6, 6.07) is 24.1. The molecule has 0 saturated carbocycles. The lowest BCUT2D eigenvalue weighted by molar-refractivity contribution is 0.0725. The van der Waals surface area contributed by atoms with Crippen LogP contribution in [0.15, 0.2) is 94.1 Å². The summed E-state index contributed by atoms with van der Waals surface area (Å²) in [6.45, 7) is 0.445. The highest BCUT2D eigenvalue weighted by Gasteiger charge is 2.21. The number of rotatable bonds is 5. The molecule has 29 heavy (non-hydrogen) atoms. The SMILES string of the molecule is O=C(c1cc2ccccc2oc1=O)N(Cc1ccccc1)Cc1cccc(F)c1. The smallest absolute Gasteiger partial charge is 0.349 e. The number of carbonyl (C=O) groups is 1. The monoisotopic (exact) mass is 387 g/mol. The van der Waals surface area contributed by atoms with E-state index >= 15 is 0 Å². The fourth-order valence-electron chi connectivity index (χ4n) is 3.24. The molecule has 144 valence electrons. The van der Waals surface area contributed by atoms with Gasteiger partial charge in [0.2, 0.25) is 0 Å². The number of fused-ring (bicyclic) bond motifs is 1. The van der Waals surface area contributed by atoms with Crippen molar-refractivity contribution in [3.63, 3.8) is 0 Å². The van der Waals surface area contributed by atoms with Crippen LogP contribution in [0.25, 0.3) is 11.0 Å². The highest BCUT2D eigenvalue weighted by atomic mass is 19.1. The normalized spacial score (nSPS) is 10.8. The van der Waals surface area contributed by atoms with Crippen LogP contribution >= 0.6 is 0 Å². The van der Waals surface area contributed by atoms with Gasteiger partial charge in [0, 0.05) is 18.5 Å². The summed E-state index contributed by atoms with van der Waals surface area (Å²) in [5.41, 5.74) is 1.23. The molecule has 1 heterocycles. The average molecular weight is 387 g/mol. The molecular formula is C24H18FNO3. The third-order valence-electron chi connectivity index (χ3n) is 4.64. The van der Waals surface area contributed by atoms with Crippen LogP contribution in [-0.2, 0) is 13.1 Å².